The number of hydrogen-bond acceptors (Lipinski definition) is 2. The molecule has 5 heteroatoms. The van der Waals surface area contributed by atoms with Gasteiger partial charge in [-0.25, -0.2) is 0 Å². The molecule has 3 nitrogen and oxygen atoms in total. The number of fused-ring (bicyclic) bond motifs is 3. The van der Waals surface area contributed by atoms with Crippen molar-refractivity contribution < 1.29 is 10.2 Å². The van der Waals surface area contributed by atoms with E-state index in [4.69, 9.17) is 5.11 Å². The number of hydrogen-bond donors (Lipinski definition) is 2. The third kappa shape index (κ3) is 2.39. The molecule has 2 N–H and O–H groups in total. The molecule has 0 unspecified atom stereocenters. The van der Waals surface area contributed by atoms with Gasteiger partial charge in [0.2, 0.25) is 0 Å². The first kappa shape index (κ1) is 14.1. The molecule has 2 aromatic carbocycles. The summed E-state index contributed by atoms with van der Waals surface area (Å²) in [6.07, 6.45) is -0.763. The summed E-state index contributed by atoms with van der Waals surface area (Å²) in [4.78, 5) is 0. The van der Waals surface area contributed by atoms with Crippen LogP contribution < -0.4 is 0 Å². The molecule has 3 rings (SSSR count). The van der Waals surface area contributed by atoms with E-state index in [0.29, 0.717) is 6.54 Å². The van der Waals surface area contributed by atoms with Crippen LogP contribution in [0.15, 0.2) is 45.3 Å². The lowest BCUT2D eigenvalue weighted by atomic mass is 10.2. The second-order valence-corrected chi connectivity index (χ2v) is 6.60. The molecule has 0 aliphatic rings. The third-order valence-corrected chi connectivity index (χ3v) is 4.38. The lowest BCUT2D eigenvalue weighted by molar-refractivity contribution is 0.0831. The van der Waals surface area contributed by atoms with E-state index in [1.54, 1.807) is 0 Å². The van der Waals surface area contributed by atoms with Gasteiger partial charge in [0.05, 0.1) is 19.3 Å². The van der Waals surface area contributed by atoms with Crippen molar-refractivity contribution in [3.8, 4) is 0 Å². The molecule has 1 heterocycles. The Morgan fingerprint density at radius 1 is 0.950 bits per heavy atom. The fraction of sp³-hybridized carbons (Fsp3) is 0.200. The molecule has 0 amide bonds. The highest BCUT2D eigenvalue weighted by Crippen LogP contribution is 2.33. The first-order valence-corrected chi connectivity index (χ1v) is 7.84. The van der Waals surface area contributed by atoms with Crippen LogP contribution in [0.4, 0.5) is 0 Å². The van der Waals surface area contributed by atoms with E-state index < -0.39 is 6.10 Å². The lowest BCUT2D eigenvalue weighted by Gasteiger charge is -2.11. The van der Waals surface area contributed by atoms with E-state index in [1.165, 1.54) is 0 Å². The van der Waals surface area contributed by atoms with Crippen LogP contribution in [0.5, 0.6) is 0 Å². The molecule has 20 heavy (non-hydrogen) atoms. The van der Waals surface area contributed by atoms with Crippen molar-refractivity contribution in [2.75, 3.05) is 6.61 Å². The smallest absolute Gasteiger partial charge is 0.0949 e. The number of aromatic nitrogens is 1. The molecule has 0 spiro atoms. The van der Waals surface area contributed by atoms with Gasteiger partial charge in [-0.3, -0.25) is 0 Å². The normalized spacial score (nSPS) is 13.2. The zero-order valence-electron chi connectivity index (χ0n) is 10.6. The molecule has 104 valence electrons. The Bertz CT molecular complexity index is 723. The van der Waals surface area contributed by atoms with E-state index >= 15 is 0 Å². The van der Waals surface area contributed by atoms with Crippen molar-refractivity contribution in [2.24, 2.45) is 0 Å². The third-order valence-electron chi connectivity index (χ3n) is 3.39. The summed E-state index contributed by atoms with van der Waals surface area (Å²) < 4.78 is 4.09. The van der Waals surface area contributed by atoms with Crippen LogP contribution in [0.1, 0.15) is 0 Å². The van der Waals surface area contributed by atoms with Gasteiger partial charge in [0.15, 0.2) is 0 Å². The Balaban J connectivity index is 2.34. The topological polar surface area (TPSA) is 45.4 Å². The summed E-state index contributed by atoms with van der Waals surface area (Å²) in [6.45, 7) is 0.133. The molecule has 0 radical (unpaired) electrons. The molecule has 0 saturated carbocycles. The number of rotatable bonds is 3. The highest BCUT2D eigenvalue weighted by Gasteiger charge is 2.13. The summed E-state index contributed by atoms with van der Waals surface area (Å²) in [5.74, 6) is 0. The van der Waals surface area contributed by atoms with Gasteiger partial charge in [0, 0.05) is 30.8 Å². The summed E-state index contributed by atoms with van der Waals surface area (Å²) >= 11 is 7.00. The minimum Gasteiger partial charge on any atom is -0.394 e. The largest absolute Gasteiger partial charge is 0.394 e. The van der Waals surface area contributed by atoms with E-state index in [0.717, 1.165) is 30.8 Å². The van der Waals surface area contributed by atoms with Crippen molar-refractivity contribution in [1.82, 2.24) is 4.57 Å². The maximum Gasteiger partial charge on any atom is 0.0949 e. The van der Waals surface area contributed by atoms with E-state index in [1.807, 2.05) is 28.8 Å². The van der Waals surface area contributed by atoms with Gasteiger partial charge in [0.25, 0.3) is 0 Å². The van der Waals surface area contributed by atoms with Gasteiger partial charge in [-0.1, -0.05) is 31.9 Å². The molecular weight excluding hydrogens is 386 g/mol. The second kappa shape index (κ2) is 5.48. The van der Waals surface area contributed by atoms with E-state index in [2.05, 4.69) is 44.0 Å². The predicted octanol–water partition coefficient (Wildman–Crippen LogP) is 3.67. The van der Waals surface area contributed by atoms with E-state index in [-0.39, 0.29) is 6.61 Å². The standard InChI is InChI=1S/C15H13Br2NO2/c16-9-1-3-14-12(5-9)13-6-10(17)2-4-15(13)18(14)7-11(20)8-19/h1-6,11,19-20H,7-8H2/t11-/m1/s1. The summed E-state index contributed by atoms with van der Waals surface area (Å²) in [5, 5.41) is 21.1. The quantitative estimate of drug-likeness (QED) is 0.706. The predicted molar refractivity (Wildman–Crippen MR) is 87.9 cm³/mol. The number of benzene rings is 2. The molecule has 1 atom stereocenters. The minimum atomic E-state index is -0.763. The summed E-state index contributed by atoms with van der Waals surface area (Å²) in [7, 11) is 0. The van der Waals surface area contributed by atoms with Crippen LogP contribution in [0.3, 0.4) is 0 Å². The summed E-state index contributed by atoms with van der Waals surface area (Å²) in [5.41, 5.74) is 2.10. The highest BCUT2D eigenvalue weighted by atomic mass is 79.9. The first-order chi connectivity index (χ1) is 9.60. The van der Waals surface area contributed by atoms with Crippen molar-refractivity contribution >= 4 is 53.7 Å². The van der Waals surface area contributed by atoms with Crippen LogP contribution in [-0.2, 0) is 6.54 Å². The Morgan fingerprint density at radius 2 is 1.45 bits per heavy atom. The summed E-state index contributed by atoms with van der Waals surface area (Å²) in [6, 6.07) is 12.2. The van der Waals surface area contributed by atoms with Crippen LogP contribution >= 0.6 is 31.9 Å². The first-order valence-electron chi connectivity index (χ1n) is 6.26. The van der Waals surface area contributed by atoms with Gasteiger partial charge in [-0.05, 0) is 36.4 Å². The van der Waals surface area contributed by atoms with Crippen LogP contribution in [0.25, 0.3) is 21.8 Å². The number of aliphatic hydroxyl groups is 2. The number of halogens is 2. The number of nitrogens with zero attached hydrogens (tertiary/aromatic N) is 1. The van der Waals surface area contributed by atoms with Crippen LogP contribution in [-0.4, -0.2) is 27.5 Å². The molecule has 0 saturated heterocycles. The molecule has 0 bridgehead atoms. The Kier molecular flexibility index (Phi) is 3.86. The monoisotopic (exact) mass is 397 g/mol. The fourth-order valence-electron chi connectivity index (χ4n) is 2.51. The molecular formula is C15H13Br2NO2. The van der Waals surface area contributed by atoms with Gasteiger partial charge in [-0.15, -0.1) is 0 Å². The zero-order valence-corrected chi connectivity index (χ0v) is 13.7. The SMILES string of the molecule is OC[C@H](O)Cn1c2ccc(Br)cc2c2cc(Br)ccc21. The minimum absolute atomic E-state index is 0.242. The number of aliphatic hydroxyl groups excluding tert-OH is 2. The van der Waals surface area contributed by atoms with Crippen molar-refractivity contribution in [3.05, 3.63) is 45.3 Å². The second-order valence-electron chi connectivity index (χ2n) is 4.77. The molecule has 0 fully saturated rings. The van der Waals surface area contributed by atoms with Gasteiger partial charge in [0.1, 0.15) is 0 Å². The zero-order chi connectivity index (χ0) is 14.3. The van der Waals surface area contributed by atoms with Gasteiger partial charge in [-0.2, -0.15) is 0 Å². The average Bonchev–Trinajstić information content (AvgIpc) is 2.72. The Morgan fingerprint density at radius 3 is 1.90 bits per heavy atom. The Hall–Kier alpha value is -0.880. The highest BCUT2D eigenvalue weighted by molar-refractivity contribution is 9.10. The van der Waals surface area contributed by atoms with Crippen LogP contribution in [0, 0.1) is 0 Å². The average molecular weight is 399 g/mol. The fourth-order valence-corrected chi connectivity index (χ4v) is 3.24. The Labute approximate surface area is 133 Å². The van der Waals surface area contributed by atoms with Crippen molar-refractivity contribution in [1.29, 1.82) is 0 Å². The van der Waals surface area contributed by atoms with Gasteiger partial charge >= 0.3 is 0 Å². The molecule has 0 aliphatic carbocycles. The van der Waals surface area contributed by atoms with E-state index in [9.17, 15) is 5.11 Å². The molecule has 3 aromatic rings. The van der Waals surface area contributed by atoms with Crippen molar-refractivity contribution in [2.45, 2.75) is 12.6 Å². The van der Waals surface area contributed by atoms with Crippen molar-refractivity contribution in [3.63, 3.8) is 0 Å². The molecule has 0 aliphatic heterocycles. The van der Waals surface area contributed by atoms with Gasteiger partial charge < -0.3 is 14.8 Å². The van der Waals surface area contributed by atoms with Crippen LogP contribution in [0.2, 0.25) is 0 Å². The molecule has 1 aromatic heterocycles. The maximum atomic E-state index is 9.77. The lowest BCUT2D eigenvalue weighted by Crippen LogP contribution is -2.19. The maximum absolute atomic E-state index is 9.77.